The van der Waals surface area contributed by atoms with Crippen LogP contribution in [0.1, 0.15) is 32.6 Å². The molecule has 0 aliphatic carbocycles. The summed E-state index contributed by atoms with van der Waals surface area (Å²) in [5.74, 6) is 1.14. The van der Waals surface area contributed by atoms with Crippen molar-refractivity contribution >= 4 is 23.4 Å². The molecule has 3 nitrogen and oxygen atoms in total. The highest BCUT2D eigenvalue weighted by atomic mass is 32.2. The van der Waals surface area contributed by atoms with Crippen LogP contribution in [0.25, 0.3) is 0 Å². The number of hydrogen-bond acceptors (Lipinski definition) is 3. The zero-order chi connectivity index (χ0) is 14.4. The number of anilines is 1. The Bertz CT molecular complexity index is 433. The van der Waals surface area contributed by atoms with E-state index in [1.807, 2.05) is 23.9 Å². The Hall–Kier alpha value is -1.00. The molecule has 2 rings (SSSR count). The van der Waals surface area contributed by atoms with E-state index in [4.69, 9.17) is 0 Å². The minimum atomic E-state index is -0.0225. The summed E-state index contributed by atoms with van der Waals surface area (Å²) in [6.07, 6.45) is 5.34. The monoisotopic (exact) mass is 292 g/mol. The molecular weight excluding hydrogens is 268 g/mol. The van der Waals surface area contributed by atoms with Gasteiger partial charge in [-0.3, -0.25) is 4.79 Å². The Morgan fingerprint density at radius 2 is 2.10 bits per heavy atom. The average molecular weight is 292 g/mol. The van der Waals surface area contributed by atoms with Crippen LogP contribution in [0.15, 0.2) is 29.2 Å². The van der Waals surface area contributed by atoms with Crippen LogP contribution >= 0.6 is 11.8 Å². The van der Waals surface area contributed by atoms with E-state index in [1.54, 1.807) is 0 Å². The Balaban J connectivity index is 1.74. The molecule has 0 spiro atoms. The second-order valence-corrected chi connectivity index (χ2v) is 6.64. The number of hydrogen-bond donors (Lipinski definition) is 1. The smallest absolute Gasteiger partial charge is 0.221 e. The molecule has 0 unspecified atom stereocenters. The SMILES string of the molecule is CC(=O)Nc1ccc(SCC[C@@H]2CCCCN2C)cc1. The molecule has 1 atom stereocenters. The Morgan fingerprint density at radius 1 is 1.35 bits per heavy atom. The first kappa shape index (κ1) is 15.4. The molecule has 1 aromatic rings. The summed E-state index contributed by atoms with van der Waals surface area (Å²) in [6.45, 7) is 2.78. The Morgan fingerprint density at radius 3 is 2.75 bits per heavy atom. The van der Waals surface area contributed by atoms with Crippen LogP contribution in [-0.4, -0.2) is 36.2 Å². The molecule has 4 heteroatoms. The molecule has 1 aliphatic rings. The molecule has 110 valence electrons. The van der Waals surface area contributed by atoms with Gasteiger partial charge in [-0.25, -0.2) is 0 Å². The molecule has 1 N–H and O–H groups in total. The number of piperidine rings is 1. The van der Waals surface area contributed by atoms with Gasteiger partial charge >= 0.3 is 0 Å². The van der Waals surface area contributed by atoms with Crippen LogP contribution in [0.4, 0.5) is 5.69 Å². The lowest BCUT2D eigenvalue weighted by molar-refractivity contribution is -0.114. The topological polar surface area (TPSA) is 32.3 Å². The van der Waals surface area contributed by atoms with Crippen molar-refractivity contribution in [1.29, 1.82) is 0 Å². The second kappa shape index (κ2) is 7.70. The van der Waals surface area contributed by atoms with E-state index in [1.165, 1.54) is 44.0 Å². The van der Waals surface area contributed by atoms with E-state index in [9.17, 15) is 4.79 Å². The fourth-order valence-corrected chi connectivity index (χ4v) is 3.61. The number of rotatable bonds is 5. The first-order valence-corrected chi connectivity index (χ1v) is 8.34. The van der Waals surface area contributed by atoms with Crippen LogP contribution in [0, 0.1) is 0 Å². The standard InChI is InChI=1S/C16H24N2OS/c1-13(19)17-14-6-8-16(9-7-14)20-12-10-15-5-3-4-11-18(15)2/h6-9,15H,3-5,10-12H2,1-2H3,(H,17,19)/t15-/m0/s1. The molecule has 1 aromatic carbocycles. The highest BCUT2D eigenvalue weighted by Gasteiger charge is 2.18. The van der Waals surface area contributed by atoms with E-state index in [-0.39, 0.29) is 5.91 Å². The predicted octanol–water partition coefficient (Wildman–Crippen LogP) is 3.61. The maximum Gasteiger partial charge on any atom is 0.221 e. The largest absolute Gasteiger partial charge is 0.326 e. The molecule has 20 heavy (non-hydrogen) atoms. The van der Waals surface area contributed by atoms with Crippen LogP contribution in [0.3, 0.4) is 0 Å². The molecule has 1 saturated heterocycles. The lowest BCUT2D eigenvalue weighted by atomic mass is 10.0. The van der Waals surface area contributed by atoms with Gasteiger partial charge in [-0.1, -0.05) is 6.42 Å². The summed E-state index contributed by atoms with van der Waals surface area (Å²) in [7, 11) is 2.25. The fraction of sp³-hybridized carbons (Fsp3) is 0.562. The maximum absolute atomic E-state index is 11.0. The van der Waals surface area contributed by atoms with E-state index in [0.29, 0.717) is 0 Å². The van der Waals surface area contributed by atoms with Crippen molar-refractivity contribution in [1.82, 2.24) is 4.90 Å². The molecule has 1 amide bonds. The lowest BCUT2D eigenvalue weighted by Crippen LogP contribution is -2.36. The lowest BCUT2D eigenvalue weighted by Gasteiger charge is -2.32. The molecular formula is C16H24N2OS. The highest BCUT2D eigenvalue weighted by molar-refractivity contribution is 7.99. The third-order valence-electron chi connectivity index (χ3n) is 3.82. The maximum atomic E-state index is 11.0. The van der Waals surface area contributed by atoms with Crippen molar-refractivity contribution in [3.05, 3.63) is 24.3 Å². The van der Waals surface area contributed by atoms with E-state index < -0.39 is 0 Å². The van der Waals surface area contributed by atoms with Gasteiger partial charge in [0.05, 0.1) is 0 Å². The normalized spacial score (nSPS) is 19.8. The zero-order valence-electron chi connectivity index (χ0n) is 12.4. The van der Waals surface area contributed by atoms with Crippen LogP contribution in [-0.2, 0) is 4.79 Å². The number of nitrogens with zero attached hydrogens (tertiary/aromatic N) is 1. The van der Waals surface area contributed by atoms with Crippen molar-refractivity contribution in [2.75, 3.05) is 24.7 Å². The van der Waals surface area contributed by atoms with Crippen molar-refractivity contribution < 1.29 is 4.79 Å². The van der Waals surface area contributed by atoms with E-state index in [0.717, 1.165) is 17.5 Å². The Labute approximate surface area is 126 Å². The Kier molecular flexibility index (Phi) is 5.92. The molecule has 1 heterocycles. The minimum absolute atomic E-state index is 0.0225. The number of amides is 1. The summed E-state index contributed by atoms with van der Waals surface area (Å²) >= 11 is 1.90. The van der Waals surface area contributed by atoms with Gasteiger partial charge in [-0.05, 0) is 62.9 Å². The first-order chi connectivity index (χ1) is 9.65. The molecule has 0 bridgehead atoms. The van der Waals surface area contributed by atoms with Gasteiger partial charge < -0.3 is 10.2 Å². The summed E-state index contributed by atoms with van der Waals surface area (Å²) in [4.78, 5) is 14.7. The fourth-order valence-electron chi connectivity index (χ4n) is 2.66. The first-order valence-electron chi connectivity index (χ1n) is 7.36. The van der Waals surface area contributed by atoms with Crippen molar-refractivity contribution in [2.45, 2.75) is 43.5 Å². The minimum Gasteiger partial charge on any atom is -0.326 e. The number of benzene rings is 1. The zero-order valence-corrected chi connectivity index (χ0v) is 13.2. The number of nitrogens with one attached hydrogen (secondary N) is 1. The van der Waals surface area contributed by atoms with Crippen molar-refractivity contribution in [3.63, 3.8) is 0 Å². The van der Waals surface area contributed by atoms with Gasteiger partial charge in [0.15, 0.2) is 0 Å². The number of carbonyl (C=O) groups is 1. The van der Waals surface area contributed by atoms with E-state index >= 15 is 0 Å². The van der Waals surface area contributed by atoms with Crippen LogP contribution < -0.4 is 5.32 Å². The van der Waals surface area contributed by atoms with Gasteiger partial charge in [0.1, 0.15) is 0 Å². The number of likely N-dealkylation sites (tertiary alicyclic amines) is 1. The van der Waals surface area contributed by atoms with Crippen molar-refractivity contribution in [2.24, 2.45) is 0 Å². The molecule has 0 radical (unpaired) electrons. The molecule has 0 aromatic heterocycles. The van der Waals surface area contributed by atoms with Crippen molar-refractivity contribution in [3.8, 4) is 0 Å². The number of carbonyl (C=O) groups excluding carboxylic acids is 1. The quantitative estimate of drug-likeness (QED) is 0.841. The predicted molar refractivity (Wildman–Crippen MR) is 86.4 cm³/mol. The molecule has 0 saturated carbocycles. The molecule has 1 aliphatic heterocycles. The van der Waals surface area contributed by atoms with Gasteiger partial charge in [-0.2, -0.15) is 0 Å². The van der Waals surface area contributed by atoms with Crippen LogP contribution in [0.2, 0.25) is 0 Å². The molecule has 1 fully saturated rings. The second-order valence-electron chi connectivity index (χ2n) is 5.47. The average Bonchev–Trinajstić information content (AvgIpc) is 2.42. The van der Waals surface area contributed by atoms with Gasteiger partial charge in [-0.15, -0.1) is 11.8 Å². The highest BCUT2D eigenvalue weighted by Crippen LogP contribution is 2.24. The van der Waals surface area contributed by atoms with Crippen LogP contribution in [0.5, 0.6) is 0 Å². The summed E-state index contributed by atoms with van der Waals surface area (Å²) in [6, 6.07) is 8.86. The van der Waals surface area contributed by atoms with Gasteiger partial charge in [0.25, 0.3) is 0 Å². The summed E-state index contributed by atoms with van der Waals surface area (Å²) in [5.41, 5.74) is 0.869. The third-order valence-corrected chi connectivity index (χ3v) is 4.86. The van der Waals surface area contributed by atoms with Gasteiger partial charge in [0.2, 0.25) is 5.91 Å². The van der Waals surface area contributed by atoms with E-state index in [2.05, 4.69) is 29.4 Å². The third kappa shape index (κ3) is 4.84. The summed E-state index contributed by atoms with van der Waals surface area (Å²) < 4.78 is 0. The van der Waals surface area contributed by atoms with Gasteiger partial charge in [0, 0.05) is 23.5 Å². The number of thioether (sulfide) groups is 1. The summed E-state index contributed by atoms with van der Waals surface area (Å²) in [5, 5.41) is 2.79.